The third-order valence-corrected chi connectivity index (χ3v) is 4.69. The lowest BCUT2D eigenvalue weighted by Crippen LogP contribution is -2.35. The van der Waals surface area contributed by atoms with E-state index >= 15 is 0 Å². The van der Waals surface area contributed by atoms with E-state index in [2.05, 4.69) is 10.2 Å². The summed E-state index contributed by atoms with van der Waals surface area (Å²) in [5.41, 5.74) is 1.01. The van der Waals surface area contributed by atoms with Crippen LogP contribution in [0.1, 0.15) is 11.3 Å². The summed E-state index contributed by atoms with van der Waals surface area (Å²) >= 11 is 5.87. The number of anilines is 1. The number of hydrogen-bond donors (Lipinski definition) is 1. The van der Waals surface area contributed by atoms with Crippen molar-refractivity contribution in [3.63, 3.8) is 0 Å². The first-order valence-corrected chi connectivity index (χ1v) is 8.99. The van der Waals surface area contributed by atoms with Crippen LogP contribution in [-0.2, 0) is 16.1 Å². The molecule has 4 rings (SSSR count). The van der Waals surface area contributed by atoms with Crippen LogP contribution in [0.2, 0.25) is 5.02 Å². The molecule has 27 heavy (non-hydrogen) atoms. The molecule has 0 bridgehead atoms. The predicted octanol–water partition coefficient (Wildman–Crippen LogP) is 2.86. The van der Waals surface area contributed by atoms with E-state index < -0.39 is 6.03 Å². The number of imide groups is 1. The average Bonchev–Trinajstić information content (AvgIpc) is 3.25. The first-order valence-electron chi connectivity index (χ1n) is 8.62. The van der Waals surface area contributed by atoms with Crippen LogP contribution >= 0.6 is 11.6 Å². The molecule has 0 aliphatic carbocycles. The summed E-state index contributed by atoms with van der Waals surface area (Å²) in [6.45, 7) is 3.01. The largest absolute Gasteiger partial charge is 0.441 e. The third kappa shape index (κ3) is 3.84. The van der Waals surface area contributed by atoms with Crippen molar-refractivity contribution >= 4 is 35.5 Å². The maximum absolute atomic E-state index is 12.6. The number of carbonyl (C=O) groups is 2. The molecule has 8 heteroatoms. The van der Waals surface area contributed by atoms with Gasteiger partial charge in [0, 0.05) is 30.3 Å². The SMILES string of the molecule is O=C1N/C(=C\c2ccc(N3CCOCC3)o2)C(=O)N1Cc1ccc(Cl)cc1. The lowest BCUT2D eigenvalue weighted by molar-refractivity contribution is -0.123. The van der Waals surface area contributed by atoms with Gasteiger partial charge >= 0.3 is 6.03 Å². The molecule has 2 aliphatic heterocycles. The van der Waals surface area contributed by atoms with Crippen LogP contribution in [0.15, 0.2) is 46.5 Å². The number of nitrogens with zero attached hydrogens (tertiary/aromatic N) is 2. The molecule has 140 valence electrons. The van der Waals surface area contributed by atoms with Crippen LogP contribution in [0.5, 0.6) is 0 Å². The number of rotatable bonds is 4. The highest BCUT2D eigenvalue weighted by atomic mass is 35.5. The van der Waals surface area contributed by atoms with Gasteiger partial charge in [0.15, 0.2) is 5.88 Å². The van der Waals surface area contributed by atoms with Crippen molar-refractivity contribution in [3.8, 4) is 0 Å². The fraction of sp³-hybridized carbons (Fsp3) is 0.263. The molecule has 2 fully saturated rings. The summed E-state index contributed by atoms with van der Waals surface area (Å²) in [4.78, 5) is 28.0. The van der Waals surface area contributed by atoms with Crippen LogP contribution in [0.4, 0.5) is 10.7 Å². The molecule has 1 aromatic carbocycles. The Morgan fingerprint density at radius 2 is 1.81 bits per heavy atom. The van der Waals surface area contributed by atoms with Crippen LogP contribution in [0, 0.1) is 0 Å². The van der Waals surface area contributed by atoms with Gasteiger partial charge in [0.1, 0.15) is 11.5 Å². The average molecular weight is 388 g/mol. The van der Waals surface area contributed by atoms with Crippen LogP contribution in [-0.4, -0.2) is 43.1 Å². The molecule has 0 spiro atoms. The van der Waals surface area contributed by atoms with Crippen molar-refractivity contribution in [2.24, 2.45) is 0 Å². The zero-order valence-corrected chi connectivity index (χ0v) is 15.2. The van der Waals surface area contributed by atoms with E-state index in [1.807, 2.05) is 6.07 Å². The monoisotopic (exact) mass is 387 g/mol. The van der Waals surface area contributed by atoms with Crippen molar-refractivity contribution < 1.29 is 18.7 Å². The zero-order valence-electron chi connectivity index (χ0n) is 14.5. The molecule has 3 heterocycles. The molecule has 1 N–H and O–H groups in total. The summed E-state index contributed by atoms with van der Waals surface area (Å²) in [7, 11) is 0. The molecule has 0 unspecified atom stereocenters. The minimum Gasteiger partial charge on any atom is -0.441 e. The van der Waals surface area contributed by atoms with Gasteiger partial charge in [-0.1, -0.05) is 23.7 Å². The highest BCUT2D eigenvalue weighted by Gasteiger charge is 2.33. The van der Waals surface area contributed by atoms with Crippen molar-refractivity contribution in [1.82, 2.24) is 10.2 Å². The number of morpholine rings is 1. The number of furan rings is 1. The van der Waals surface area contributed by atoms with Crippen molar-refractivity contribution in [2.75, 3.05) is 31.2 Å². The van der Waals surface area contributed by atoms with Gasteiger partial charge in [-0.05, 0) is 23.8 Å². The van der Waals surface area contributed by atoms with Gasteiger partial charge in [0.25, 0.3) is 5.91 Å². The lowest BCUT2D eigenvalue weighted by Gasteiger charge is -2.26. The summed E-state index contributed by atoms with van der Waals surface area (Å²) < 4.78 is 11.1. The van der Waals surface area contributed by atoms with Gasteiger partial charge in [-0.15, -0.1) is 0 Å². The van der Waals surface area contributed by atoms with Crippen molar-refractivity contribution in [2.45, 2.75) is 6.54 Å². The summed E-state index contributed by atoms with van der Waals surface area (Å²) in [6, 6.07) is 10.2. The van der Waals surface area contributed by atoms with E-state index in [-0.39, 0.29) is 18.1 Å². The van der Waals surface area contributed by atoms with Crippen LogP contribution < -0.4 is 10.2 Å². The van der Waals surface area contributed by atoms with E-state index in [1.54, 1.807) is 36.4 Å². The molecule has 0 saturated carbocycles. The minimum absolute atomic E-state index is 0.177. The van der Waals surface area contributed by atoms with Gasteiger partial charge in [-0.3, -0.25) is 9.69 Å². The van der Waals surface area contributed by atoms with Gasteiger partial charge < -0.3 is 19.4 Å². The molecule has 0 radical (unpaired) electrons. The number of ether oxygens (including phenoxy) is 1. The quantitative estimate of drug-likeness (QED) is 0.645. The summed E-state index contributed by atoms with van der Waals surface area (Å²) in [6.07, 6.45) is 1.55. The van der Waals surface area contributed by atoms with E-state index in [0.29, 0.717) is 24.0 Å². The number of nitrogens with one attached hydrogen (secondary N) is 1. The Balaban J connectivity index is 1.47. The fourth-order valence-corrected chi connectivity index (χ4v) is 3.13. The van der Waals surface area contributed by atoms with E-state index in [9.17, 15) is 9.59 Å². The van der Waals surface area contributed by atoms with Gasteiger partial charge in [0.05, 0.1) is 19.8 Å². The number of benzene rings is 1. The van der Waals surface area contributed by atoms with Gasteiger partial charge in [-0.2, -0.15) is 0 Å². The molecular weight excluding hydrogens is 370 g/mol. The van der Waals surface area contributed by atoms with Crippen molar-refractivity contribution in [1.29, 1.82) is 0 Å². The first-order chi connectivity index (χ1) is 13.1. The fourth-order valence-electron chi connectivity index (χ4n) is 3.00. The standard InChI is InChI=1S/C19H18ClN3O4/c20-14-3-1-13(2-4-14)12-23-18(24)16(21-19(23)25)11-15-5-6-17(27-15)22-7-9-26-10-8-22/h1-6,11H,7-10,12H2,(H,21,25)/b16-11-. The smallest absolute Gasteiger partial charge is 0.329 e. The van der Waals surface area contributed by atoms with E-state index in [4.69, 9.17) is 20.8 Å². The summed E-state index contributed by atoms with van der Waals surface area (Å²) in [5.74, 6) is 0.840. The Hall–Kier alpha value is -2.77. The second-order valence-electron chi connectivity index (χ2n) is 6.28. The van der Waals surface area contributed by atoms with Crippen LogP contribution in [0.3, 0.4) is 0 Å². The second-order valence-corrected chi connectivity index (χ2v) is 6.72. The molecule has 2 saturated heterocycles. The lowest BCUT2D eigenvalue weighted by atomic mass is 10.2. The Bertz CT molecular complexity index is 885. The van der Waals surface area contributed by atoms with E-state index in [0.717, 1.165) is 29.4 Å². The van der Waals surface area contributed by atoms with Crippen LogP contribution in [0.25, 0.3) is 6.08 Å². The molecule has 2 aromatic rings. The number of carbonyl (C=O) groups excluding carboxylic acids is 2. The van der Waals surface area contributed by atoms with Crippen molar-refractivity contribution in [3.05, 3.63) is 58.4 Å². The third-order valence-electron chi connectivity index (χ3n) is 4.44. The first kappa shape index (κ1) is 17.6. The van der Waals surface area contributed by atoms with E-state index in [1.165, 1.54) is 0 Å². The maximum Gasteiger partial charge on any atom is 0.329 e. The Morgan fingerprint density at radius 1 is 1.07 bits per heavy atom. The highest BCUT2D eigenvalue weighted by molar-refractivity contribution is 6.30. The number of urea groups is 1. The second kappa shape index (κ2) is 7.46. The van der Waals surface area contributed by atoms with Gasteiger partial charge in [0.2, 0.25) is 0 Å². The molecule has 7 nitrogen and oxygen atoms in total. The molecule has 1 aromatic heterocycles. The normalized spacial score (nSPS) is 19.1. The molecule has 2 aliphatic rings. The number of amides is 3. The minimum atomic E-state index is -0.457. The molecular formula is C19H18ClN3O4. The maximum atomic E-state index is 12.6. The summed E-state index contributed by atoms with van der Waals surface area (Å²) in [5, 5.41) is 3.20. The Kier molecular flexibility index (Phi) is 4.87. The Morgan fingerprint density at radius 3 is 2.56 bits per heavy atom. The molecule has 0 atom stereocenters. The number of halogens is 1. The zero-order chi connectivity index (χ0) is 18.8. The highest BCUT2D eigenvalue weighted by Crippen LogP contribution is 2.23. The predicted molar refractivity (Wildman–Crippen MR) is 100 cm³/mol. The molecule has 3 amide bonds. The topological polar surface area (TPSA) is 75.0 Å². The van der Waals surface area contributed by atoms with Gasteiger partial charge in [-0.25, -0.2) is 4.79 Å². The Labute approximate surface area is 161 Å². The number of hydrogen-bond acceptors (Lipinski definition) is 5.